The van der Waals surface area contributed by atoms with Gasteiger partial charge in [0, 0.05) is 12.3 Å². The highest BCUT2D eigenvalue weighted by molar-refractivity contribution is 5.87. The summed E-state index contributed by atoms with van der Waals surface area (Å²) >= 11 is 0. The lowest BCUT2D eigenvalue weighted by molar-refractivity contribution is -0.140. The third-order valence-electron chi connectivity index (χ3n) is 1.97. The number of carboxylic acids is 2. The summed E-state index contributed by atoms with van der Waals surface area (Å²) in [6.07, 6.45) is 1.16. The Balaban J connectivity index is 3.20. The highest BCUT2D eigenvalue weighted by Crippen LogP contribution is 2.03. The average Bonchev–Trinajstić information content (AvgIpc) is 2.16. The van der Waals surface area contributed by atoms with Crippen LogP contribution >= 0.6 is 0 Å². The second-order valence-electron chi connectivity index (χ2n) is 2.98. The number of nitrogens with zero attached hydrogens (tertiary/aromatic N) is 1. The maximum absolute atomic E-state index is 11.3. The van der Waals surface area contributed by atoms with Gasteiger partial charge in [-0.1, -0.05) is 0 Å². The van der Waals surface area contributed by atoms with E-state index in [9.17, 15) is 14.4 Å². The SMILES string of the molecule is CC(C(=O)O)n1ccc(C(=O)O)cc1=O. The summed E-state index contributed by atoms with van der Waals surface area (Å²) < 4.78 is 0.953. The van der Waals surface area contributed by atoms with E-state index in [2.05, 4.69) is 0 Å². The number of hydrogen-bond acceptors (Lipinski definition) is 3. The lowest BCUT2D eigenvalue weighted by Gasteiger charge is -2.09. The third kappa shape index (κ3) is 2.22. The summed E-state index contributed by atoms with van der Waals surface area (Å²) in [5.41, 5.74) is -0.807. The molecule has 0 saturated carbocycles. The summed E-state index contributed by atoms with van der Waals surface area (Å²) in [5.74, 6) is -2.37. The maximum Gasteiger partial charge on any atom is 0.335 e. The molecule has 2 N–H and O–H groups in total. The molecule has 0 aliphatic heterocycles. The molecule has 0 radical (unpaired) electrons. The van der Waals surface area contributed by atoms with Crippen LogP contribution in [0.1, 0.15) is 23.3 Å². The van der Waals surface area contributed by atoms with E-state index < -0.39 is 23.5 Å². The molecule has 1 rings (SSSR count). The number of carbonyl (C=O) groups is 2. The van der Waals surface area contributed by atoms with Crippen molar-refractivity contribution in [1.29, 1.82) is 0 Å². The molecule has 1 aromatic rings. The zero-order chi connectivity index (χ0) is 11.6. The molecule has 0 bridgehead atoms. The van der Waals surface area contributed by atoms with Crippen LogP contribution in [0.2, 0.25) is 0 Å². The number of aliphatic carboxylic acids is 1. The Kier molecular flexibility index (Phi) is 2.89. The Morgan fingerprint density at radius 1 is 1.40 bits per heavy atom. The van der Waals surface area contributed by atoms with Crippen LogP contribution in [0.3, 0.4) is 0 Å². The molecule has 80 valence electrons. The molecular weight excluding hydrogens is 202 g/mol. The van der Waals surface area contributed by atoms with Crippen molar-refractivity contribution in [3.63, 3.8) is 0 Å². The van der Waals surface area contributed by atoms with Gasteiger partial charge in [-0.2, -0.15) is 0 Å². The van der Waals surface area contributed by atoms with Gasteiger partial charge in [0.25, 0.3) is 5.56 Å². The molecule has 1 aromatic heterocycles. The largest absolute Gasteiger partial charge is 0.480 e. The Bertz CT molecular complexity index is 462. The van der Waals surface area contributed by atoms with Crippen molar-refractivity contribution >= 4 is 11.9 Å². The molecule has 6 heteroatoms. The van der Waals surface area contributed by atoms with Crippen molar-refractivity contribution in [2.75, 3.05) is 0 Å². The van der Waals surface area contributed by atoms with Gasteiger partial charge < -0.3 is 14.8 Å². The number of aromatic nitrogens is 1. The first-order valence-corrected chi connectivity index (χ1v) is 4.11. The van der Waals surface area contributed by atoms with E-state index in [4.69, 9.17) is 10.2 Å². The van der Waals surface area contributed by atoms with Crippen LogP contribution in [-0.4, -0.2) is 26.7 Å². The van der Waals surface area contributed by atoms with Crippen LogP contribution in [0.5, 0.6) is 0 Å². The van der Waals surface area contributed by atoms with Gasteiger partial charge in [-0.15, -0.1) is 0 Å². The molecule has 1 atom stereocenters. The van der Waals surface area contributed by atoms with Gasteiger partial charge in [-0.05, 0) is 13.0 Å². The zero-order valence-electron chi connectivity index (χ0n) is 7.88. The first-order chi connectivity index (χ1) is 6.93. The summed E-state index contributed by atoms with van der Waals surface area (Å²) in [7, 11) is 0. The molecule has 0 fully saturated rings. The molecule has 0 aliphatic rings. The van der Waals surface area contributed by atoms with Gasteiger partial charge in [-0.3, -0.25) is 4.79 Å². The number of rotatable bonds is 3. The van der Waals surface area contributed by atoms with E-state index in [0.717, 1.165) is 16.8 Å². The fourth-order valence-corrected chi connectivity index (χ4v) is 1.06. The lowest BCUT2D eigenvalue weighted by Crippen LogP contribution is -2.27. The van der Waals surface area contributed by atoms with E-state index >= 15 is 0 Å². The minimum Gasteiger partial charge on any atom is -0.480 e. The fourth-order valence-electron chi connectivity index (χ4n) is 1.06. The molecule has 0 aliphatic carbocycles. The maximum atomic E-state index is 11.3. The monoisotopic (exact) mass is 211 g/mol. The van der Waals surface area contributed by atoms with Gasteiger partial charge in [0.15, 0.2) is 0 Å². The van der Waals surface area contributed by atoms with Crippen LogP contribution in [0.15, 0.2) is 23.1 Å². The van der Waals surface area contributed by atoms with Crippen molar-refractivity contribution in [3.8, 4) is 0 Å². The second kappa shape index (κ2) is 3.95. The van der Waals surface area contributed by atoms with Crippen molar-refractivity contribution in [3.05, 3.63) is 34.2 Å². The zero-order valence-corrected chi connectivity index (χ0v) is 7.88. The van der Waals surface area contributed by atoms with Crippen molar-refractivity contribution < 1.29 is 19.8 Å². The van der Waals surface area contributed by atoms with E-state index in [1.807, 2.05) is 0 Å². The molecule has 0 aromatic carbocycles. The highest BCUT2D eigenvalue weighted by Gasteiger charge is 2.15. The molecule has 0 amide bonds. The van der Waals surface area contributed by atoms with Gasteiger partial charge in [0.1, 0.15) is 6.04 Å². The van der Waals surface area contributed by atoms with Crippen LogP contribution < -0.4 is 5.56 Å². The van der Waals surface area contributed by atoms with Crippen molar-refractivity contribution in [1.82, 2.24) is 4.57 Å². The van der Waals surface area contributed by atoms with E-state index in [1.165, 1.54) is 13.0 Å². The van der Waals surface area contributed by atoms with Crippen LogP contribution in [-0.2, 0) is 4.79 Å². The predicted molar refractivity (Wildman–Crippen MR) is 50.0 cm³/mol. The number of hydrogen-bond donors (Lipinski definition) is 2. The summed E-state index contributed by atoms with van der Waals surface area (Å²) in [6.45, 7) is 1.34. The lowest BCUT2D eigenvalue weighted by atomic mass is 10.2. The minimum atomic E-state index is -1.22. The van der Waals surface area contributed by atoms with Crippen molar-refractivity contribution in [2.45, 2.75) is 13.0 Å². The normalized spacial score (nSPS) is 12.1. The second-order valence-corrected chi connectivity index (χ2v) is 2.98. The smallest absolute Gasteiger partial charge is 0.335 e. The van der Waals surface area contributed by atoms with E-state index in [0.29, 0.717) is 0 Å². The predicted octanol–water partition coefficient (Wildman–Crippen LogP) is 0.192. The Hall–Kier alpha value is -2.11. The summed E-state index contributed by atoms with van der Waals surface area (Å²) in [5, 5.41) is 17.2. The molecule has 1 heterocycles. The highest BCUT2D eigenvalue weighted by atomic mass is 16.4. The van der Waals surface area contributed by atoms with Gasteiger partial charge >= 0.3 is 11.9 Å². The standard InChI is InChI=1S/C9H9NO5/c1-5(8(12)13)10-3-2-6(9(14)15)4-7(10)11/h2-5H,1H3,(H,12,13)(H,14,15). The summed E-state index contributed by atoms with van der Waals surface area (Å²) in [4.78, 5) is 32.4. The van der Waals surface area contributed by atoms with Gasteiger partial charge in [0.05, 0.1) is 5.56 Å². The first-order valence-electron chi connectivity index (χ1n) is 4.11. The number of aromatic carboxylic acids is 1. The average molecular weight is 211 g/mol. The van der Waals surface area contributed by atoms with Crippen LogP contribution in [0.25, 0.3) is 0 Å². The van der Waals surface area contributed by atoms with Crippen LogP contribution in [0.4, 0.5) is 0 Å². The van der Waals surface area contributed by atoms with Gasteiger partial charge in [0.2, 0.25) is 0 Å². The number of carboxylic acid groups (broad SMARTS) is 2. The first kappa shape index (κ1) is 11.0. The van der Waals surface area contributed by atoms with Gasteiger partial charge in [-0.25, -0.2) is 9.59 Å². The number of pyridine rings is 1. The minimum absolute atomic E-state index is 0.158. The van der Waals surface area contributed by atoms with Crippen LogP contribution in [0, 0.1) is 0 Å². The Morgan fingerprint density at radius 2 is 2.00 bits per heavy atom. The summed E-state index contributed by atoms with van der Waals surface area (Å²) in [6, 6.07) is 1.06. The van der Waals surface area contributed by atoms with E-state index in [-0.39, 0.29) is 5.56 Å². The molecule has 6 nitrogen and oxygen atoms in total. The molecular formula is C9H9NO5. The molecule has 0 spiro atoms. The Labute approximate surface area is 84.4 Å². The van der Waals surface area contributed by atoms with E-state index in [1.54, 1.807) is 0 Å². The quantitative estimate of drug-likeness (QED) is 0.743. The topological polar surface area (TPSA) is 96.6 Å². The fraction of sp³-hybridized carbons (Fsp3) is 0.222. The molecule has 15 heavy (non-hydrogen) atoms. The molecule has 1 unspecified atom stereocenters. The Morgan fingerprint density at radius 3 is 2.40 bits per heavy atom. The third-order valence-corrected chi connectivity index (χ3v) is 1.97. The molecule has 0 saturated heterocycles. The van der Waals surface area contributed by atoms with Crippen molar-refractivity contribution in [2.24, 2.45) is 0 Å².